The van der Waals surface area contributed by atoms with Gasteiger partial charge in [0.05, 0.1) is 11.7 Å². The summed E-state index contributed by atoms with van der Waals surface area (Å²) < 4.78 is 1.92. The molecular formula is C21H17N3. The van der Waals surface area contributed by atoms with Gasteiger partial charge in [-0.15, -0.1) is 0 Å². The number of anilines is 1. The van der Waals surface area contributed by atoms with Crippen molar-refractivity contribution in [2.45, 2.75) is 0 Å². The van der Waals surface area contributed by atoms with E-state index in [1.54, 1.807) is 0 Å². The third kappa shape index (κ3) is 2.68. The summed E-state index contributed by atoms with van der Waals surface area (Å²) in [6, 6.07) is 26.4. The summed E-state index contributed by atoms with van der Waals surface area (Å²) in [7, 11) is 0. The van der Waals surface area contributed by atoms with Crippen LogP contribution in [0.3, 0.4) is 0 Å². The molecule has 3 heteroatoms. The number of para-hydroxylation sites is 1. The molecule has 3 nitrogen and oxygen atoms in total. The number of fused-ring (bicyclic) bond motifs is 1. The van der Waals surface area contributed by atoms with E-state index in [-0.39, 0.29) is 0 Å². The lowest BCUT2D eigenvalue weighted by Crippen LogP contribution is -1.90. The second-order valence-electron chi connectivity index (χ2n) is 5.68. The molecule has 0 radical (unpaired) electrons. The van der Waals surface area contributed by atoms with Crippen LogP contribution in [0.5, 0.6) is 0 Å². The van der Waals surface area contributed by atoms with Crippen molar-refractivity contribution in [2.75, 3.05) is 5.73 Å². The molecule has 2 N–H and O–H groups in total. The summed E-state index contributed by atoms with van der Waals surface area (Å²) in [6.07, 6.45) is 3.93. The van der Waals surface area contributed by atoms with E-state index in [4.69, 9.17) is 5.73 Å². The molecule has 116 valence electrons. The number of hydrogen-bond acceptors (Lipinski definition) is 2. The molecule has 4 rings (SSSR count). The molecular weight excluding hydrogens is 294 g/mol. The minimum absolute atomic E-state index is 0.755. The van der Waals surface area contributed by atoms with Crippen LogP contribution in [0.2, 0.25) is 0 Å². The predicted molar refractivity (Wildman–Crippen MR) is 101 cm³/mol. The fraction of sp³-hybridized carbons (Fsp3) is 0. The maximum atomic E-state index is 5.73. The molecule has 4 aromatic rings. The van der Waals surface area contributed by atoms with Crippen molar-refractivity contribution in [3.63, 3.8) is 0 Å². The van der Waals surface area contributed by atoms with Crippen LogP contribution in [0, 0.1) is 0 Å². The van der Waals surface area contributed by atoms with E-state index in [1.165, 1.54) is 16.5 Å². The van der Waals surface area contributed by atoms with E-state index < -0.39 is 0 Å². The van der Waals surface area contributed by atoms with E-state index >= 15 is 0 Å². The number of benzene rings is 3. The van der Waals surface area contributed by atoms with Crippen molar-refractivity contribution in [1.82, 2.24) is 4.68 Å². The molecule has 0 spiro atoms. The Morgan fingerprint density at radius 1 is 0.792 bits per heavy atom. The third-order valence-electron chi connectivity index (χ3n) is 4.04. The summed E-state index contributed by atoms with van der Waals surface area (Å²) in [5.41, 5.74) is 11.0. The largest absolute Gasteiger partial charge is 0.399 e. The zero-order chi connectivity index (χ0) is 16.4. The first-order valence-corrected chi connectivity index (χ1v) is 7.87. The van der Waals surface area contributed by atoms with Gasteiger partial charge in [0.25, 0.3) is 0 Å². The highest BCUT2D eigenvalue weighted by Gasteiger charge is 2.08. The lowest BCUT2D eigenvalue weighted by atomic mass is 10.1. The number of rotatable bonds is 3. The number of nitrogens with zero attached hydrogens (tertiary/aromatic N) is 2. The molecule has 1 heterocycles. The van der Waals surface area contributed by atoms with Crippen LogP contribution < -0.4 is 5.73 Å². The van der Waals surface area contributed by atoms with Gasteiger partial charge in [-0.2, -0.15) is 5.10 Å². The van der Waals surface area contributed by atoms with Crippen molar-refractivity contribution >= 4 is 22.8 Å². The second kappa shape index (κ2) is 6.05. The van der Waals surface area contributed by atoms with Crippen molar-refractivity contribution in [2.24, 2.45) is 5.10 Å². The van der Waals surface area contributed by atoms with E-state index in [2.05, 4.69) is 53.8 Å². The zero-order valence-electron chi connectivity index (χ0n) is 13.1. The summed E-state index contributed by atoms with van der Waals surface area (Å²) in [4.78, 5) is 0. The van der Waals surface area contributed by atoms with Crippen LogP contribution in [0.15, 0.2) is 90.2 Å². The Balaban J connectivity index is 1.80. The molecule has 0 aliphatic rings. The first-order chi connectivity index (χ1) is 11.8. The van der Waals surface area contributed by atoms with Crippen molar-refractivity contribution in [3.05, 3.63) is 90.6 Å². The van der Waals surface area contributed by atoms with Crippen molar-refractivity contribution < 1.29 is 0 Å². The zero-order valence-corrected chi connectivity index (χ0v) is 13.1. The van der Waals surface area contributed by atoms with E-state index in [9.17, 15) is 0 Å². The summed E-state index contributed by atoms with van der Waals surface area (Å²) >= 11 is 0. The highest BCUT2D eigenvalue weighted by molar-refractivity contribution is 5.96. The van der Waals surface area contributed by atoms with Gasteiger partial charge in [0.15, 0.2) is 0 Å². The Hall–Kier alpha value is -3.33. The normalized spacial score (nSPS) is 11.3. The van der Waals surface area contributed by atoms with Crippen LogP contribution in [0.4, 0.5) is 5.69 Å². The molecule has 0 atom stereocenters. The first-order valence-electron chi connectivity index (χ1n) is 7.87. The Bertz CT molecular complexity index is 996. The van der Waals surface area contributed by atoms with Gasteiger partial charge < -0.3 is 5.73 Å². The molecule has 0 saturated carbocycles. The summed E-state index contributed by atoms with van der Waals surface area (Å²) in [5.74, 6) is 0. The smallest absolute Gasteiger partial charge is 0.0724 e. The van der Waals surface area contributed by atoms with E-state index in [1.807, 2.05) is 47.3 Å². The van der Waals surface area contributed by atoms with Gasteiger partial charge in [-0.3, -0.25) is 0 Å². The quantitative estimate of drug-likeness (QED) is 0.430. The monoisotopic (exact) mass is 311 g/mol. The number of aromatic nitrogens is 1. The summed E-state index contributed by atoms with van der Waals surface area (Å²) in [6.45, 7) is 0. The Kier molecular flexibility index (Phi) is 3.60. The molecule has 0 aliphatic carbocycles. The number of nitrogen functional groups attached to an aromatic ring is 1. The Morgan fingerprint density at radius 3 is 2.29 bits per heavy atom. The van der Waals surface area contributed by atoms with Crippen LogP contribution >= 0.6 is 0 Å². The minimum atomic E-state index is 0.755. The van der Waals surface area contributed by atoms with Gasteiger partial charge in [-0.1, -0.05) is 60.7 Å². The minimum Gasteiger partial charge on any atom is -0.399 e. The van der Waals surface area contributed by atoms with Crippen molar-refractivity contribution in [3.8, 4) is 11.1 Å². The highest BCUT2D eigenvalue weighted by Crippen LogP contribution is 2.30. The van der Waals surface area contributed by atoms with E-state index in [0.29, 0.717) is 0 Å². The van der Waals surface area contributed by atoms with Gasteiger partial charge in [0, 0.05) is 22.8 Å². The molecule has 0 saturated heterocycles. The van der Waals surface area contributed by atoms with Crippen LogP contribution in [0.25, 0.3) is 22.0 Å². The second-order valence-corrected chi connectivity index (χ2v) is 5.68. The van der Waals surface area contributed by atoms with Crippen LogP contribution in [0.1, 0.15) is 5.56 Å². The molecule has 0 unspecified atom stereocenters. The van der Waals surface area contributed by atoms with Gasteiger partial charge >= 0.3 is 0 Å². The molecule has 0 aliphatic heterocycles. The predicted octanol–water partition coefficient (Wildman–Crippen LogP) is 4.77. The molecule has 24 heavy (non-hydrogen) atoms. The fourth-order valence-corrected chi connectivity index (χ4v) is 2.82. The fourth-order valence-electron chi connectivity index (χ4n) is 2.82. The van der Waals surface area contributed by atoms with Crippen molar-refractivity contribution in [1.29, 1.82) is 0 Å². The van der Waals surface area contributed by atoms with Gasteiger partial charge in [-0.05, 0) is 29.3 Å². The first kappa shape index (κ1) is 14.3. The van der Waals surface area contributed by atoms with Gasteiger partial charge in [-0.25, -0.2) is 4.68 Å². The summed E-state index contributed by atoms with van der Waals surface area (Å²) in [5, 5.41) is 5.82. The lowest BCUT2D eigenvalue weighted by Gasteiger charge is -1.98. The SMILES string of the molecule is Nc1ccc(C=Nn2cc(-c3ccccc3)c3ccccc32)cc1. The van der Waals surface area contributed by atoms with Gasteiger partial charge in [0.1, 0.15) is 0 Å². The number of nitrogens with two attached hydrogens (primary N) is 1. The standard InChI is InChI=1S/C21H17N3/c22-18-12-10-16(11-13-18)14-23-24-15-20(17-6-2-1-3-7-17)19-8-4-5-9-21(19)24/h1-15H,22H2. The lowest BCUT2D eigenvalue weighted by molar-refractivity contribution is 0.934. The Morgan fingerprint density at radius 2 is 1.50 bits per heavy atom. The average Bonchev–Trinajstić information content (AvgIpc) is 3.01. The topological polar surface area (TPSA) is 43.3 Å². The van der Waals surface area contributed by atoms with Crippen LogP contribution in [-0.4, -0.2) is 10.9 Å². The molecule has 3 aromatic carbocycles. The maximum Gasteiger partial charge on any atom is 0.0724 e. The molecule has 0 bridgehead atoms. The number of hydrogen-bond donors (Lipinski definition) is 1. The molecule has 0 fully saturated rings. The van der Waals surface area contributed by atoms with Crippen LogP contribution in [-0.2, 0) is 0 Å². The highest BCUT2D eigenvalue weighted by atomic mass is 15.3. The maximum absolute atomic E-state index is 5.73. The third-order valence-corrected chi connectivity index (χ3v) is 4.04. The molecule has 0 amide bonds. The Labute approximate surface area is 140 Å². The average molecular weight is 311 g/mol. The van der Waals surface area contributed by atoms with Gasteiger partial charge in [0.2, 0.25) is 0 Å². The molecule has 1 aromatic heterocycles. The van der Waals surface area contributed by atoms with E-state index in [0.717, 1.165) is 16.8 Å².